The average molecular weight is 208 g/mol. The van der Waals surface area contributed by atoms with E-state index in [0.717, 1.165) is 10.4 Å². The minimum atomic E-state index is 0.531. The summed E-state index contributed by atoms with van der Waals surface area (Å²) < 4.78 is 2.21. The summed E-state index contributed by atoms with van der Waals surface area (Å²) in [7, 11) is 2.09. The average Bonchev–Trinajstić information content (AvgIpc) is 2.46. The Morgan fingerprint density at radius 1 is 1.29 bits per heavy atom. The van der Waals surface area contributed by atoms with E-state index >= 15 is 0 Å². The maximum atomic E-state index is 6.13. The molecule has 0 amide bonds. The summed E-state index contributed by atoms with van der Waals surface area (Å²) in [4.78, 5) is 0. The topological polar surface area (TPSA) is 4.93 Å². The number of rotatable bonds is 1. The lowest BCUT2D eigenvalue weighted by Gasteiger charge is -2.06. The first-order chi connectivity index (χ1) is 6.61. The molecule has 0 saturated carbocycles. The zero-order valence-electron chi connectivity index (χ0n) is 8.71. The first-order valence-electron chi connectivity index (χ1n) is 4.85. The highest BCUT2D eigenvalue weighted by Gasteiger charge is 2.10. The number of benzene rings is 1. The van der Waals surface area contributed by atoms with Crippen molar-refractivity contribution in [3.63, 3.8) is 0 Å². The lowest BCUT2D eigenvalue weighted by Crippen LogP contribution is -1.97. The number of hydrogen-bond acceptors (Lipinski definition) is 0. The molecule has 1 nitrogen and oxygen atoms in total. The molecule has 74 valence electrons. The minimum Gasteiger partial charge on any atom is -0.347 e. The van der Waals surface area contributed by atoms with E-state index in [2.05, 4.69) is 37.6 Å². The van der Waals surface area contributed by atoms with Gasteiger partial charge in [-0.2, -0.15) is 0 Å². The molecule has 0 saturated heterocycles. The van der Waals surface area contributed by atoms with E-state index in [1.807, 2.05) is 12.1 Å². The normalized spacial score (nSPS) is 11.5. The van der Waals surface area contributed by atoms with Crippen molar-refractivity contribution in [3.05, 3.63) is 35.0 Å². The highest BCUT2D eigenvalue weighted by molar-refractivity contribution is 6.35. The highest BCUT2D eigenvalue weighted by atomic mass is 35.5. The predicted molar refractivity (Wildman–Crippen MR) is 62.0 cm³/mol. The van der Waals surface area contributed by atoms with E-state index < -0.39 is 0 Å². The second kappa shape index (κ2) is 3.32. The van der Waals surface area contributed by atoms with Gasteiger partial charge in [0, 0.05) is 28.7 Å². The summed E-state index contributed by atoms with van der Waals surface area (Å²) in [6.45, 7) is 4.39. The fourth-order valence-corrected chi connectivity index (χ4v) is 2.12. The smallest absolute Gasteiger partial charge is 0.0499 e. The Labute approximate surface area is 89.3 Å². The van der Waals surface area contributed by atoms with Crippen molar-refractivity contribution in [2.75, 3.05) is 0 Å². The summed E-state index contributed by atoms with van der Waals surface area (Å²) in [5.74, 6) is 0.531. The summed E-state index contributed by atoms with van der Waals surface area (Å²) in [5, 5.41) is 1.99. The Morgan fingerprint density at radius 3 is 2.57 bits per heavy atom. The molecule has 1 aromatic carbocycles. The Morgan fingerprint density at radius 2 is 2.00 bits per heavy atom. The van der Waals surface area contributed by atoms with Crippen LogP contribution in [0, 0.1) is 0 Å². The van der Waals surface area contributed by atoms with Crippen LogP contribution in [0.3, 0.4) is 0 Å². The molecule has 1 heterocycles. The van der Waals surface area contributed by atoms with Gasteiger partial charge in [0.05, 0.1) is 0 Å². The van der Waals surface area contributed by atoms with Crippen LogP contribution in [-0.2, 0) is 7.05 Å². The van der Waals surface area contributed by atoms with Crippen molar-refractivity contribution >= 4 is 22.5 Å². The first kappa shape index (κ1) is 9.60. The van der Waals surface area contributed by atoms with Gasteiger partial charge in [0.1, 0.15) is 0 Å². The molecule has 14 heavy (non-hydrogen) atoms. The number of hydrogen-bond donors (Lipinski definition) is 0. The Bertz CT molecular complexity index is 468. The molecule has 2 heteroatoms. The molecule has 0 spiro atoms. The maximum Gasteiger partial charge on any atom is 0.0499 e. The zero-order chi connectivity index (χ0) is 10.3. The van der Waals surface area contributed by atoms with Gasteiger partial charge in [0.15, 0.2) is 0 Å². The van der Waals surface area contributed by atoms with E-state index in [0.29, 0.717) is 5.92 Å². The molecule has 0 N–H and O–H groups in total. The maximum absolute atomic E-state index is 6.13. The van der Waals surface area contributed by atoms with E-state index in [9.17, 15) is 0 Å². The first-order valence-corrected chi connectivity index (χ1v) is 5.23. The van der Waals surface area contributed by atoms with Gasteiger partial charge >= 0.3 is 0 Å². The van der Waals surface area contributed by atoms with Gasteiger partial charge < -0.3 is 4.57 Å². The van der Waals surface area contributed by atoms with Crippen LogP contribution < -0.4 is 0 Å². The molecule has 0 bridgehead atoms. The largest absolute Gasteiger partial charge is 0.347 e. The van der Waals surface area contributed by atoms with Gasteiger partial charge in [0.2, 0.25) is 0 Å². The Balaban J connectivity index is 2.80. The van der Waals surface area contributed by atoms with Crippen LogP contribution in [0.25, 0.3) is 10.9 Å². The number of aromatic nitrogens is 1. The summed E-state index contributed by atoms with van der Waals surface area (Å²) >= 11 is 6.13. The van der Waals surface area contributed by atoms with Crippen LogP contribution in [0.4, 0.5) is 0 Å². The summed E-state index contributed by atoms with van der Waals surface area (Å²) in [5.41, 5.74) is 2.54. The molecule has 0 aliphatic heterocycles. The van der Waals surface area contributed by atoms with Crippen molar-refractivity contribution < 1.29 is 0 Å². The fraction of sp³-hybridized carbons (Fsp3) is 0.333. The number of aryl methyl sites for hydroxylation is 1. The number of nitrogens with zero attached hydrogens (tertiary/aromatic N) is 1. The summed E-state index contributed by atoms with van der Waals surface area (Å²) in [6.07, 6.45) is 0. The van der Waals surface area contributed by atoms with Gasteiger partial charge in [0.25, 0.3) is 0 Å². The fourth-order valence-electron chi connectivity index (χ4n) is 1.90. The van der Waals surface area contributed by atoms with E-state index in [1.165, 1.54) is 11.2 Å². The van der Waals surface area contributed by atoms with Crippen molar-refractivity contribution in [3.8, 4) is 0 Å². The van der Waals surface area contributed by atoms with Gasteiger partial charge in [-0.15, -0.1) is 0 Å². The predicted octanol–water partition coefficient (Wildman–Crippen LogP) is 3.96. The molecule has 0 aliphatic carbocycles. The Kier molecular flexibility index (Phi) is 2.28. The zero-order valence-corrected chi connectivity index (χ0v) is 9.47. The van der Waals surface area contributed by atoms with Crippen LogP contribution in [0.1, 0.15) is 25.5 Å². The van der Waals surface area contributed by atoms with Crippen LogP contribution in [0.2, 0.25) is 5.02 Å². The number of fused-ring (bicyclic) bond motifs is 1. The van der Waals surface area contributed by atoms with Gasteiger partial charge in [-0.05, 0) is 24.1 Å². The van der Waals surface area contributed by atoms with Crippen molar-refractivity contribution in [1.29, 1.82) is 0 Å². The lowest BCUT2D eigenvalue weighted by atomic mass is 10.1. The molecule has 0 radical (unpaired) electrons. The van der Waals surface area contributed by atoms with Crippen molar-refractivity contribution in [2.24, 2.45) is 7.05 Å². The minimum absolute atomic E-state index is 0.531. The van der Waals surface area contributed by atoms with Crippen LogP contribution >= 0.6 is 11.6 Å². The van der Waals surface area contributed by atoms with Crippen LogP contribution in [-0.4, -0.2) is 4.57 Å². The highest BCUT2D eigenvalue weighted by Crippen LogP contribution is 2.29. The molecule has 1 aromatic heterocycles. The van der Waals surface area contributed by atoms with Crippen LogP contribution in [0.15, 0.2) is 24.3 Å². The molecule has 0 fully saturated rings. The van der Waals surface area contributed by atoms with Gasteiger partial charge in [-0.3, -0.25) is 0 Å². The second-order valence-electron chi connectivity index (χ2n) is 3.96. The molecule has 2 rings (SSSR count). The third-order valence-electron chi connectivity index (χ3n) is 2.66. The quantitative estimate of drug-likeness (QED) is 0.667. The van der Waals surface area contributed by atoms with E-state index in [4.69, 9.17) is 11.6 Å². The molecule has 0 unspecified atom stereocenters. The molecule has 0 aliphatic rings. The molecular formula is C12H14ClN. The van der Waals surface area contributed by atoms with E-state index in [1.54, 1.807) is 0 Å². The SMILES string of the molecule is CC(C)c1cc2c(Cl)cccc2n1C. The third kappa shape index (κ3) is 1.32. The van der Waals surface area contributed by atoms with E-state index in [-0.39, 0.29) is 0 Å². The summed E-state index contributed by atoms with van der Waals surface area (Å²) in [6, 6.07) is 8.22. The second-order valence-corrected chi connectivity index (χ2v) is 4.36. The molecular weight excluding hydrogens is 194 g/mol. The van der Waals surface area contributed by atoms with Gasteiger partial charge in [-0.25, -0.2) is 0 Å². The van der Waals surface area contributed by atoms with Crippen LogP contribution in [0.5, 0.6) is 0 Å². The molecule has 0 atom stereocenters. The Hall–Kier alpha value is -0.950. The molecule has 2 aromatic rings. The van der Waals surface area contributed by atoms with Gasteiger partial charge in [-0.1, -0.05) is 31.5 Å². The standard InChI is InChI=1S/C12H14ClN/c1-8(2)12-7-9-10(13)5-4-6-11(9)14(12)3/h4-8H,1-3H3. The monoisotopic (exact) mass is 207 g/mol. The van der Waals surface area contributed by atoms with Crippen molar-refractivity contribution in [1.82, 2.24) is 4.57 Å². The van der Waals surface area contributed by atoms with Crippen molar-refractivity contribution in [2.45, 2.75) is 19.8 Å². The number of halogens is 1. The third-order valence-corrected chi connectivity index (χ3v) is 2.99. The lowest BCUT2D eigenvalue weighted by molar-refractivity contribution is 0.755.